The number of aromatic nitrogens is 3. The van der Waals surface area contributed by atoms with E-state index in [-0.39, 0.29) is 11.9 Å². The van der Waals surface area contributed by atoms with Gasteiger partial charge in [0.05, 0.1) is 19.1 Å². The van der Waals surface area contributed by atoms with Gasteiger partial charge in [0.2, 0.25) is 5.91 Å². The predicted molar refractivity (Wildman–Crippen MR) is 103 cm³/mol. The van der Waals surface area contributed by atoms with Crippen molar-refractivity contribution in [2.24, 2.45) is 5.92 Å². The Hall–Kier alpha value is -2.89. The molecule has 27 heavy (non-hydrogen) atoms. The van der Waals surface area contributed by atoms with Crippen molar-refractivity contribution in [1.82, 2.24) is 19.9 Å². The Balaban J connectivity index is 1.52. The van der Waals surface area contributed by atoms with Crippen LogP contribution >= 0.6 is 0 Å². The molecule has 1 amide bonds. The molecule has 1 atom stereocenters. The second-order valence-electron chi connectivity index (χ2n) is 7.45. The van der Waals surface area contributed by atoms with Crippen molar-refractivity contribution in [1.29, 1.82) is 0 Å². The third-order valence-electron chi connectivity index (χ3n) is 4.82. The third-order valence-corrected chi connectivity index (χ3v) is 4.82. The molecule has 3 aromatic rings. The zero-order valence-electron chi connectivity index (χ0n) is 15.7. The molecule has 2 aromatic heterocycles. The number of nitrogens with one attached hydrogen (secondary N) is 1. The van der Waals surface area contributed by atoms with Crippen LogP contribution in [0.3, 0.4) is 0 Å². The molecule has 0 radical (unpaired) electrons. The molecule has 1 aromatic carbocycles. The zero-order valence-corrected chi connectivity index (χ0v) is 15.7. The topological polar surface area (TPSA) is 68.5 Å². The smallest absolute Gasteiger partial charge is 0.225 e. The van der Waals surface area contributed by atoms with Gasteiger partial charge in [0.1, 0.15) is 5.75 Å². The monoisotopic (exact) mass is 364 g/mol. The molecule has 4 rings (SSSR count). The molecule has 6 nitrogen and oxygen atoms in total. The van der Waals surface area contributed by atoms with Crippen molar-refractivity contribution in [3.63, 3.8) is 0 Å². The van der Waals surface area contributed by atoms with E-state index in [4.69, 9.17) is 4.74 Å². The Morgan fingerprint density at radius 2 is 2.15 bits per heavy atom. The molecule has 1 aliphatic rings. The fourth-order valence-corrected chi connectivity index (χ4v) is 3.55. The van der Waals surface area contributed by atoms with Crippen LogP contribution in [0, 0.1) is 5.92 Å². The molecule has 1 aliphatic heterocycles. The van der Waals surface area contributed by atoms with Crippen LogP contribution in [0.2, 0.25) is 0 Å². The molecular weight excluding hydrogens is 340 g/mol. The Bertz CT molecular complexity index is 964. The Labute approximate surface area is 158 Å². The van der Waals surface area contributed by atoms with Gasteiger partial charge in [-0.2, -0.15) is 0 Å². The molecule has 0 bridgehead atoms. The van der Waals surface area contributed by atoms with Crippen molar-refractivity contribution in [3.8, 4) is 5.75 Å². The maximum absolute atomic E-state index is 12.7. The number of hydrogen-bond acceptors (Lipinski definition) is 4. The maximum Gasteiger partial charge on any atom is 0.225 e. The summed E-state index contributed by atoms with van der Waals surface area (Å²) in [6.07, 6.45) is 4.00. The first kappa shape index (κ1) is 17.5. The number of hydrogen-bond donors (Lipinski definition) is 1. The second-order valence-corrected chi connectivity index (χ2v) is 7.45. The summed E-state index contributed by atoms with van der Waals surface area (Å²) in [5.41, 5.74) is 2.96. The van der Waals surface area contributed by atoms with Crippen LogP contribution in [-0.2, 0) is 17.6 Å². The first-order chi connectivity index (χ1) is 13.1. The quantitative estimate of drug-likeness (QED) is 0.730. The number of fused-ring (bicyclic) bond motifs is 2. The van der Waals surface area contributed by atoms with Gasteiger partial charge in [0, 0.05) is 12.6 Å². The first-order valence-corrected chi connectivity index (χ1v) is 9.44. The van der Waals surface area contributed by atoms with Crippen LogP contribution in [0.25, 0.3) is 5.65 Å². The predicted octanol–water partition coefficient (Wildman–Crippen LogP) is 3.11. The van der Waals surface area contributed by atoms with Gasteiger partial charge in [-0.25, -0.2) is 0 Å². The van der Waals surface area contributed by atoms with Gasteiger partial charge < -0.3 is 10.1 Å². The third kappa shape index (κ3) is 3.79. The molecule has 3 heterocycles. The molecule has 0 unspecified atom stereocenters. The highest BCUT2D eigenvalue weighted by Crippen LogP contribution is 2.26. The minimum Gasteiger partial charge on any atom is -0.493 e. The SMILES string of the molecule is CC(C)C[C@@H](NC(=O)Cc1ccc2c(c1)OCC2)c1nnc2ccccn12. The van der Waals surface area contributed by atoms with Crippen LogP contribution in [0.1, 0.15) is 43.3 Å². The number of amides is 1. The first-order valence-electron chi connectivity index (χ1n) is 9.44. The van der Waals surface area contributed by atoms with Crippen LogP contribution in [0.4, 0.5) is 0 Å². The lowest BCUT2D eigenvalue weighted by molar-refractivity contribution is -0.121. The standard InChI is InChI=1S/C21H24N4O2/c1-14(2)11-17(21-24-23-19-5-3-4-9-25(19)21)22-20(26)13-15-6-7-16-8-10-27-18(16)12-15/h3-7,9,12,14,17H,8,10-11,13H2,1-2H3,(H,22,26)/t17-/m1/s1. The molecule has 6 heteroatoms. The number of rotatable bonds is 6. The lowest BCUT2D eigenvalue weighted by Gasteiger charge is -2.19. The van der Waals surface area contributed by atoms with Crippen molar-refractivity contribution in [2.45, 2.75) is 39.2 Å². The number of pyridine rings is 1. The van der Waals surface area contributed by atoms with E-state index >= 15 is 0 Å². The Morgan fingerprint density at radius 3 is 3.00 bits per heavy atom. The summed E-state index contributed by atoms with van der Waals surface area (Å²) in [7, 11) is 0. The maximum atomic E-state index is 12.7. The van der Waals surface area contributed by atoms with E-state index < -0.39 is 0 Å². The number of nitrogens with zero attached hydrogens (tertiary/aromatic N) is 3. The number of benzene rings is 1. The van der Waals surface area contributed by atoms with Gasteiger partial charge in [-0.15, -0.1) is 10.2 Å². The Kier molecular flexibility index (Phi) is 4.79. The summed E-state index contributed by atoms with van der Waals surface area (Å²) in [5, 5.41) is 11.7. The summed E-state index contributed by atoms with van der Waals surface area (Å²) in [6.45, 7) is 5.00. The van der Waals surface area contributed by atoms with E-state index in [0.29, 0.717) is 12.3 Å². The summed E-state index contributed by atoms with van der Waals surface area (Å²) in [5.74, 6) is 2.07. The summed E-state index contributed by atoms with van der Waals surface area (Å²) < 4.78 is 7.55. The van der Waals surface area contributed by atoms with E-state index in [1.54, 1.807) is 0 Å². The zero-order chi connectivity index (χ0) is 18.8. The lowest BCUT2D eigenvalue weighted by atomic mass is 10.0. The van der Waals surface area contributed by atoms with Crippen LogP contribution in [-0.4, -0.2) is 27.1 Å². The van der Waals surface area contributed by atoms with E-state index in [2.05, 4.69) is 35.4 Å². The van der Waals surface area contributed by atoms with Gasteiger partial charge >= 0.3 is 0 Å². The van der Waals surface area contributed by atoms with Crippen molar-refractivity contribution in [3.05, 3.63) is 59.5 Å². The highest BCUT2D eigenvalue weighted by molar-refractivity contribution is 5.79. The molecule has 140 valence electrons. The number of carbonyl (C=O) groups excluding carboxylic acids is 1. The highest BCUT2D eigenvalue weighted by Gasteiger charge is 2.22. The minimum absolute atomic E-state index is 0.0220. The summed E-state index contributed by atoms with van der Waals surface area (Å²) >= 11 is 0. The number of carbonyl (C=O) groups is 1. The van der Waals surface area contributed by atoms with Gasteiger partial charge in [0.15, 0.2) is 11.5 Å². The largest absolute Gasteiger partial charge is 0.493 e. The van der Waals surface area contributed by atoms with Gasteiger partial charge in [-0.3, -0.25) is 9.20 Å². The average molecular weight is 364 g/mol. The molecule has 0 spiro atoms. The van der Waals surface area contributed by atoms with Crippen LogP contribution in [0.15, 0.2) is 42.6 Å². The summed E-state index contributed by atoms with van der Waals surface area (Å²) in [4.78, 5) is 12.7. The summed E-state index contributed by atoms with van der Waals surface area (Å²) in [6, 6.07) is 11.7. The van der Waals surface area contributed by atoms with Gasteiger partial charge in [-0.1, -0.05) is 32.0 Å². The Morgan fingerprint density at radius 1 is 1.26 bits per heavy atom. The average Bonchev–Trinajstić information content (AvgIpc) is 3.27. The van der Waals surface area contributed by atoms with E-state index in [0.717, 1.165) is 42.2 Å². The van der Waals surface area contributed by atoms with Gasteiger partial charge in [-0.05, 0) is 41.7 Å². The van der Waals surface area contributed by atoms with E-state index in [9.17, 15) is 4.79 Å². The minimum atomic E-state index is -0.180. The molecular formula is C21H24N4O2. The van der Waals surface area contributed by atoms with Gasteiger partial charge in [0.25, 0.3) is 0 Å². The van der Waals surface area contributed by atoms with E-state index in [1.807, 2.05) is 40.9 Å². The van der Waals surface area contributed by atoms with Crippen molar-refractivity contribution >= 4 is 11.6 Å². The normalized spacial score (nSPS) is 14.2. The molecule has 0 saturated heterocycles. The van der Waals surface area contributed by atoms with Crippen LogP contribution < -0.4 is 10.1 Å². The lowest BCUT2D eigenvalue weighted by Crippen LogP contribution is -2.32. The molecule has 0 saturated carbocycles. The van der Waals surface area contributed by atoms with Crippen molar-refractivity contribution < 1.29 is 9.53 Å². The second kappa shape index (κ2) is 7.39. The van der Waals surface area contributed by atoms with Crippen molar-refractivity contribution in [2.75, 3.05) is 6.61 Å². The molecule has 0 fully saturated rings. The van der Waals surface area contributed by atoms with E-state index in [1.165, 1.54) is 5.56 Å². The number of ether oxygens (including phenoxy) is 1. The molecule has 1 N–H and O–H groups in total. The van der Waals surface area contributed by atoms with Crippen LogP contribution in [0.5, 0.6) is 5.75 Å². The highest BCUT2D eigenvalue weighted by atomic mass is 16.5. The fourth-order valence-electron chi connectivity index (χ4n) is 3.55. The fraction of sp³-hybridized carbons (Fsp3) is 0.381. The molecule has 0 aliphatic carbocycles.